The molecular weight excluding hydrogens is 488 g/mol. The summed E-state index contributed by atoms with van der Waals surface area (Å²) in [5.41, 5.74) is 0. The average Bonchev–Trinajstić information content (AvgIpc) is 2.84. The van der Waals surface area contributed by atoms with Crippen LogP contribution in [0.1, 0.15) is 12.8 Å². The van der Waals surface area contributed by atoms with Gasteiger partial charge in [-0.1, -0.05) is 0 Å². The Morgan fingerprint density at radius 1 is 0.865 bits per heavy atom. The predicted octanol–water partition coefficient (Wildman–Crippen LogP) is -0.696. The number of aliphatic hydroxyl groups excluding tert-OH is 1. The molecule has 0 aromatic heterocycles. The number of carbonyl (C=O) groups is 3. The molecule has 0 spiro atoms. The third-order valence-corrected chi connectivity index (χ3v) is 6.08. The first-order valence-electron chi connectivity index (χ1n) is 12.2. The van der Waals surface area contributed by atoms with Crippen molar-refractivity contribution in [1.29, 1.82) is 0 Å². The van der Waals surface area contributed by atoms with Gasteiger partial charge in [-0.2, -0.15) is 0 Å². The molecule has 1 heterocycles. The highest BCUT2D eigenvalue weighted by atomic mass is 16.5. The molecule has 1 aromatic carbocycles. The van der Waals surface area contributed by atoms with E-state index in [1.165, 1.54) is 4.90 Å². The Kier molecular flexibility index (Phi) is 13.1. The molecule has 2 unspecified atom stereocenters. The van der Waals surface area contributed by atoms with Crippen LogP contribution < -0.4 is 14.8 Å². The van der Waals surface area contributed by atoms with E-state index in [1.807, 2.05) is 0 Å². The maximum atomic E-state index is 11.7. The van der Waals surface area contributed by atoms with Crippen molar-refractivity contribution in [3.8, 4) is 11.5 Å². The van der Waals surface area contributed by atoms with E-state index in [4.69, 9.17) is 9.47 Å². The van der Waals surface area contributed by atoms with Gasteiger partial charge >= 0.3 is 17.9 Å². The molecule has 1 aliphatic rings. The number of rotatable bonds is 12. The highest BCUT2D eigenvalue weighted by molar-refractivity contribution is 5.70. The number of hydrogen-bond donors (Lipinski definition) is 5. The Hall–Kier alpha value is -2.97. The van der Waals surface area contributed by atoms with E-state index in [0.29, 0.717) is 50.6 Å². The molecular formula is C24H38N4O9. The van der Waals surface area contributed by atoms with Gasteiger partial charge in [0.15, 0.2) is 0 Å². The minimum Gasteiger partial charge on any atom is -0.497 e. The lowest BCUT2D eigenvalue weighted by Gasteiger charge is -2.40. The summed E-state index contributed by atoms with van der Waals surface area (Å²) in [6, 6.07) is 6.33. The quantitative estimate of drug-likeness (QED) is 0.217. The van der Waals surface area contributed by atoms with E-state index in [-0.39, 0.29) is 32.7 Å². The fourth-order valence-electron chi connectivity index (χ4n) is 4.25. The number of hydrogen-bond acceptors (Lipinski definition) is 10. The Morgan fingerprint density at radius 2 is 1.46 bits per heavy atom. The van der Waals surface area contributed by atoms with Crippen LogP contribution in [-0.4, -0.2) is 138 Å². The second-order valence-corrected chi connectivity index (χ2v) is 8.80. The molecule has 13 nitrogen and oxygen atoms in total. The number of benzene rings is 1. The first kappa shape index (κ1) is 30.3. The predicted molar refractivity (Wildman–Crippen MR) is 133 cm³/mol. The Morgan fingerprint density at radius 3 is 2.08 bits per heavy atom. The van der Waals surface area contributed by atoms with Gasteiger partial charge in [-0.15, -0.1) is 0 Å². The standard InChI is InChI=1S/C24H38N4O9/c1-36-18-4-6-19(7-5-18)37-14-2-3-20-24(35)28(17-23(33)34)11-9-25-8-10-26(15-21(29)30)12-13-27(20)16-22(31)32/h4-7,20,24-25,35H,2-3,8-17H2,1H3,(H,29,30)(H,31,32)(H,33,34). The van der Waals surface area contributed by atoms with E-state index in [0.717, 1.165) is 0 Å². The van der Waals surface area contributed by atoms with Gasteiger partial charge in [0.2, 0.25) is 0 Å². The molecule has 0 amide bonds. The van der Waals surface area contributed by atoms with E-state index in [9.17, 15) is 34.8 Å². The molecule has 1 aliphatic heterocycles. The monoisotopic (exact) mass is 526 g/mol. The van der Waals surface area contributed by atoms with E-state index in [2.05, 4.69) is 5.32 Å². The Bertz CT molecular complexity index is 855. The van der Waals surface area contributed by atoms with Gasteiger partial charge in [0.25, 0.3) is 0 Å². The topological polar surface area (TPSA) is 172 Å². The van der Waals surface area contributed by atoms with Crippen LogP contribution in [0.25, 0.3) is 0 Å². The molecule has 13 heteroatoms. The third-order valence-electron chi connectivity index (χ3n) is 6.08. The summed E-state index contributed by atoms with van der Waals surface area (Å²) < 4.78 is 10.9. The summed E-state index contributed by atoms with van der Waals surface area (Å²) in [5, 5.41) is 42.6. The zero-order valence-electron chi connectivity index (χ0n) is 21.1. The van der Waals surface area contributed by atoms with Crippen LogP contribution in [0.2, 0.25) is 0 Å². The van der Waals surface area contributed by atoms with E-state index < -0.39 is 36.7 Å². The van der Waals surface area contributed by atoms with Crippen molar-refractivity contribution < 1.29 is 44.3 Å². The van der Waals surface area contributed by atoms with Crippen LogP contribution >= 0.6 is 0 Å². The summed E-state index contributed by atoms with van der Waals surface area (Å²) in [5.74, 6) is -1.87. The first-order chi connectivity index (χ1) is 17.7. The highest BCUT2D eigenvalue weighted by Gasteiger charge is 2.33. The van der Waals surface area contributed by atoms with Crippen molar-refractivity contribution in [3.05, 3.63) is 24.3 Å². The minimum atomic E-state index is -1.26. The molecule has 0 bridgehead atoms. The van der Waals surface area contributed by atoms with Crippen molar-refractivity contribution in [2.45, 2.75) is 25.1 Å². The number of aliphatic hydroxyl groups is 1. The van der Waals surface area contributed by atoms with Crippen molar-refractivity contribution in [1.82, 2.24) is 20.0 Å². The van der Waals surface area contributed by atoms with Crippen LogP contribution in [0.5, 0.6) is 11.5 Å². The normalized spacial score (nSPS) is 20.9. The number of methoxy groups -OCH3 is 1. The molecule has 0 radical (unpaired) electrons. The van der Waals surface area contributed by atoms with Gasteiger partial charge in [0.1, 0.15) is 17.7 Å². The van der Waals surface area contributed by atoms with E-state index >= 15 is 0 Å². The molecule has 37 heavy (non-hydrogen) atoms. The molecule has 0 aliphatic carbocycles. The van der Waals surface area contributed by atoms with Crippen molar-refractivity contribution in [3.63, 3.8) is 0 Å². The van der Waals surface area contributed by atoms with Gasteiger partial charge in [-0.3, -0.25) is 29.1 Å². The van der Waals surface area contributed by atoms with Crippen molar-refractivity contribution in [2.75, 3.05) is 72.6 Å². The number of aliphatic carboxylic acids is 3. The molecule has 1 saturated heterocycles. The van der Waals surface area contributed by atoms with Crippen LogP contribution in [0.15, 0.2) is 24.3 Å². The molecule has 2 rings (SSSR count). The van der Waals surface area contributed by atoms with Gasteiger partial charge in [0.05, 0.1) is 39.4 Å². The second-order valence-electron chi connectivity index (χ2n) is 8.80. The fraction of sp³-hybridized carbons (Fsp3) is 0.625. The maximum Gasteiger partial charge on any atom is 0.317 e. The van der Waals surface area contributed by atoms with Gasteiger partial charge in [-0.05, 0) is 37.1 Å². The van der Waals surface area contributed by atoms with Crippen LogP contribution in [0.3, 0.4) is 0 Å². The van der Waals surface area contributed by atoms with Crippen LogP contribution in [0, 0.1) is 0 Å². The Balaban J connectivity index is 2.19. The molecule has 208 valence electrons. The Labute approximate surface area is 216 Å². The number of ether oxygens (including phenoxy) is 2. The molecule has 2 atom stereocenters. The van der Waals surface area contributed by atoms with Gasteiger partial charge < -0.3 is 35.2 Å². The number of nitrogens with zero attached hydrogens (tertiary/aromatic N) is 3. The molecule has 1 aromatic rings. The number of carboxylic acids is 3. The van der Waals surface area contributed by atoms with Crippen molar-refractivity contribution in [2.24, 2.45) is 0 Å². The lowest BCUT2D eigenvalue weighted by atomic mass is 10.1. The number of carboxylic acid groups (broad SMARTS) is 3. The summed E-state index contributed by atoms with van der Waals surface area (Å²) in [6.07, 6.45) is -0.472. The maximum absolute atomic E-state index is 11.7. The molecule has 1 fully saturated rings. The molecule has 5 N–H and O–H groups in total. The van der Waals surface area contributed by atoms with Crippen molar-refractivity contribution >= 4 is 17.9 Å². The summed E-state index contributed by atoms with van der Waals surface area (Å²) in [4.78, 5) is 39.2. The molecule has 0 saturated carbocycles. The summed E-state index contributed by atoms with van der Waals surface area (Å²) >= 11 is 0. The second kappa shape index (κ2) is 16.0. The lowest BCUT2D eigenvalue weighted by Crippen LogP contribution is -2.57. The smallest absolute Gasteiger partial charge is 0.317 e. The van der Waals surface area contributed by atoms with Gasteiger partial charge in [-0.25, -0.2) is 0 Å². The summed E-state index contributed by atoms with van der Waals surface area (Å²) in [6.45, 7) is 1.23. The highest BCUT2D eigenvalue weighted by Crippen LogP contribution is 2.19. The average molecular weight is 527 g/mol. The summed E-state index contributed by atoms with van der Waals surface area (Å²) in [7, 11) is 1.57. The van der Waals surface area contributed by atoms with Gasteiger partial charge in [0, 0.05) is 39.3 Å². The van der Waals surface area contributed by atoms with Crippen LogP contribution in [-0.2, 0) is 14.4 Å². The largest absolute Gasteiger partial charge is 0.497 e. The fourth-order valence-corrected chi connectivity index (χ4v) is 4.25. The zero-order valence-corrected chi connectivity index (χ0v) is 21.1. The lowest BCUT2D eigenvalue weighted by molar-refractivity contribution is -0.147. The SMILES string of the molecule is COc1ccc(OCCCC2C(O)N(CC(=O)O)CCNCCN(CC(=O)O)CCN2CC(=O)O)cc1. The van der Waals surface area contributed by atoms with Crippen LogP contribution in [0.4, 0.5) is 0 Å². The number of nitrogens with one attached hydrogen (secondary N) is 1. The zero-order chi connectivity index (χ0) is 27.2. The third kappa shape index (κ3) is 11.3. The first-order valence-corrected chi connectivity index (χ1v) is 12.2. The minimum absolute atomic E-state index is 0.182. The van der Waals surface area contributed by atoms with E-state index in [1.54, 1.807) is 41.2 Å².